The van der Waals surface area contributed by atoms with E-state index >= 15 is 0 Å². The van der Waals surface area contributed by atoms with E-state index in [4.69, 9.17) is 0 Å². The lowest BCUT2D eigenvalue weighted by atomic mass is 9.89. The fourth-order valence-electron chi connectivity index (χ4n) is 5.21. The number of benzene rings is 2. The molecule has 0 radical (unpaired) electrons. The zero-order valence-electron chi connectivity index (χ0n) is 23.0. The number of carboxylic acids is 1. The minimum atomic E-state index is -1.29. The number of phenols is 1. The van der Waals surface area contributed by atoms with E-state index in [1.807, 2.05) is 0 Å². The number of nitrogens with zero attached hydrogens (tertiary/aromatic N) is 7. The van der Waals surface area contributed by atoms with Crippen LogP contribution in [-0.4, -0.2) is 105 Å². The Bertz CT molecular complexity index is 1860. The van der Waals surface area contributed by atoms with Gasteiger partial charge in [0.25, 0.3) is 0 Å². The lowest BCUT2D eigenvalue weighted by molar-refractivity contribution is -0.156. The first-order valence-corrected chi connectivity index (χ1v) is 15.2. The Morgan fingerprint density at radius 2 is 2.00 bits per heavy atom. The molecule has 4 heterocycles. The van der Waals surface area contributed by atoms with Crippen LogP contribution in [0.2, 0.25) is 0 Å². The predicted octanol–water partition coefficient (Wildman–Crippen LogP) is 0.297. The number of amides is 3. The van der Waals surface area contributed by atoms with Crippen molar-refractivity contribution in [1.29, 1.82) is 0 Å². The number of carbonyl (C=O) groups excluding carboxylic acids is 3. The van der Waals surface area contributed by atoms with Crippen molar-refractivity contribution in [3.05, 3.63) is 59.0 Å². The predicted molar refractivity (Wildman–Crippen MR) is 158 cm³/mol. The van der Waals surface area contributed by atoms with Crippen LogP contribution in [0.3, 0.4) is 0 Å². The van der Waals surface area contributed by atoms with Crippen LogP contribution in [0.15, 0.2) is 58.5 Å². The normalized spacial score (nSPS) is 21.0. The highest BCUT2D eigenvalue weighted by Gasteiger charge is 2.59. The number of hydrogen-bond acceptors (Lipinski definition) is 11. The second-order valence-corrected chi connectivity index (χ2v) is 12.3. The molecule has 2 saturated heterocycles. The number of para-hydroxylation sites is 2. The number of nitrogens with one attached hydrogen (secondary N) is 2. The number of hydrogen-bond donors (Lipinski definition) is 4. The number of aliphatic carboxylic acids is 1. The summed E-state index contributed by atoms with van der Waals surface area (Å²) in [4.78, 5) is 70.3. The molecule has 44 heavy (non-hydrogen) atoms. The molecule has 0 aliphatic carbocycles. The maximum atomic E-state index is 13.7. The van der Waals surface area contributed by atoms with Gasteiger partial charge in [0, 0.05) is 36.9 Å². The van der Waals surface area contributed by atoms with Crippen LogP contribution in [-0.2, 0) is 21.4 Å². The van der Waals surface area contributed by atoms with Crippen LogP contribution in [0.5, 0.6) is 5.75 Å². The third-order valence-corrected chi connectivity index (χ3v) is 10.3. The highest BCUT2D eigenvalue weighted by molar-refractivity contribution is 8.00. The van der Waals surface area contributed by atoms with Crippen LogP contribution < -0.4 is 15.9 Å². The second kappa shape index (κ2) is 11.3. The number of fused-ring (bicyclic) bond motifs is 2. The molecule has 2 aliphatic rings. The third-order valence-electron chi connectivity index (χ3n) is 7.47. The molecule has 2 unspecified atom stereocenters. The molecule has 3 amide bonds. The Hall–Kier alpha value is -4.84. The molecule has 16 nitrogen and oxygen atoms in total. The molecule has 2 aliphatic heterocycles. The maximum absolute atomic E-state index is 13.7. The fourth-order valence-corrected chi connectivity index (χ4v) is 7.96. The summed E-state index contributed by atoms with van der Waals surface area (Å²) in [7, 11) is 1.64. The largest absolute Gasteiger partial charge is 0.508 e. The summed E-state index contributed by atoms with van der Waals surface area (Å²) in [6.45, 7) is -0.654. The Kier molecular flexibility index (Phi) is 7.54. The number of aromatic amines is 1. The number of anilines is 1. The molecule has 228 valence electrons. The molecule has 6 rings (SSSR count). The van der Waals surface area contributed by atoms with Gasteiger partial charge in [0.1, 0.15) is 22.6 Å². The highest BCUT2D eigenvalue weighted by atomic mass is 32.2. The number of aromatic hydroxyl groups is 1. The van der Waals surface area contributed by atoms with Crippen LogP contribution in [0.4, 0.5) is 10.5 Å². The van der Waals surface area contributed by atoms with E-state index < -0.39 is 52.9 Å². The topological polar surface area (TPSA) is 209 Å². The number of tetrazole rings is 1. The summed E-state index contributed by atoms with van der Waals surface area (Å²) in [6.07, 6.45) is 0. The second-order valence-electron chi connectivity index (χ2n) is 10.3. The van der Waals surface area contributed by atoms with Crippen LogP contribution >= 0.6 is 23.5 Å². The standard InChI is InChI=1S/C26H25N9O7S2/c1-32-25(29-30-31-32)44-13-26(22(39)40)11-33-20(38)19(21(33)43-12-26)34(14-5-4-6-15(36)9-14)18(37)10-27-23(41)35-17-8-3-2-7-16(17)28-24(35)42/h2-9,19,21,36H,10-13H2,1H3,(H,27,41)(H,28,42)(H,39,40)/t19?,21-,26?/m1/s1. The van der Waals surface area contributed by atoms with Crippen LogP contribution in [0, 0.1) is 5.41 Å². The number of carboxylic acid groups (broad SMARTS) is 1. The van der Waals surface area contributed by atoms with Gasteiger partial charge in [-0.25, -0.2) is 18.8 Å². The molecule has 2 fully saturated rings. The Morgan fingerprint density at radius 1 is 1.20 bits per heavy atom. The monoisotopic (exact) mass is 639 g/mol. The number of phenolic OH excluding ortho intramolecular Hbond substituents is 1. The van der Waals surface area contributed by atoms with Crippen LogP contribution in [0.25, 0.3) is 11.0 Å². The minimum absolute atomic E-state index is 0.0874. The number of aromatic nitrogens is 6. The van der Waals surface area contributed by atoms with Crippen LogP contribution in [0.1, 0.15) is 0 Å². The van der Waals surface area contributed by atoms with Gasteiger partial charge in [-0.3, -0.25) is 19.3 Å². The van der Waals surface area contributed by atoms with E-state index in [-0.39, 0.29) is 29.5 Å². The third kappa shape index (κ3) is 5.04. The van der Waals surface area contributed by atoms with E-state index in [9.17, 15) is 34.2 Å². The molecular weight excluding hydrogens is 614 g/mol. The lowest BCUT2D eigenvalue weighted by Crippen LogP contribution is -2.75. The van der Waals surface area contributed by atoms with E-state index in [1.54, 1.807) is 37.4 Å². The number of H-pyrrole nitrogens is 1. The average Bonchev–Trinajstić information content (AvgIpc) is 3.58. The summed E-state index contributed by atoms with van der Waals surface area (Å²) in [5, 5.41) is 33.8. The summed E-state index contributed by atoms with van der Waals surface area (Å²) in [5.41, 5.74) is -0.990. The average molecular weight is 640 g/mol. The Balaban J connectivity index is 1.21. The zero-order valence-corrected chi connectivity index (χ0v) is 24.6. The van der Waals surface area contributed by atoms with Gasteiger partial charge in [-0.05, 0) is 34.7 Å². The quantitative estimate of drug-likeness (QED) is 0.152. The molecule has 4 N–H and O–H groups in total. The maximum Gasteiger partial charge on any atom is 0.334 e. The Morgan fingerprint density at radius 3 is 2.73 bits per heavy atom. The van der Waals surface area contributed by atoms with Crippen molar-refractivity contribution < 1.29 is 29.4 Å². The molecule has 18 heteroatoms. The summed E-state index contributed by atoms with van der Waals surface area (Å²) < 4.78 is 2.30. The number of β-lactam (4-membered cyclic amide) rings is 1. The lowest BCUT2D eigenvalue weighted by Gasteiger charge is -2.56. The van der Waals surface area contributed by atoms with Gasteiger partial charge in [-0.15, -0.1) is 16.9 Å². The highest BCUT2D eigenvalue weighted by Crippen LogP contribution is 2.46. The van der Waals surface area contributed by atoms with Gasteiger partial charge in [-0.1, -0.05) is 30.0 Å². The van der Waals surface area contributed by atoms with Crippen molar-refractivity contribution in [3.63, 3.8) is 0 Å². The first-order chi connectivity index (χ1) is 21.1. The first kappa shape index (κ1) is 29.2. The number of aryl methyl sites for hydroxylation is 1. The van der Waals surface area contributed by atoms with Crippen molar-refractivity contribution in [3.8, 4) is 5.75 Å². The van der Waals surface area contributed by atoms with Gasteiger partial charge in [-0.2, -0.15) is 0 Å². The van der Waals surface area contributed by atoms with Gasteiger partial charge in [0.15, 0.2) is 0 Å². The van der Waals surface area contributed by atoms with Crippen molar-refractivity contribution >= 4 is 64.1 Å². The smallest absolute Gasteiger partial charge is 0.334 e. The van der Waals surface area contributed by atoms with Crippen molar-refractivity contribution in [1.82, 2.24) is 40.0 Å². The number of rotatable bonds is 8. The van der Waals surface area contributed by atoms with Gasteiger partial charge in [0.2, 0.25) is 17.0 Å². The first-order valence-electron chi connectivity index (χ1n) is 13.2. The van der Waals surface area contributed by atoms with Crippen molar-refractivity contribution in [2.24, 2.45) is 12.5 Å². The fraction of sp³-hybridized carbons (Fsp3) is 0.308. The van der Waals surface area contributed by atoms with E-state index in [2.05, 4.69) is 25.8 Å². The molecule has 2 aromatic carbocycles. The van der Waals surface area contributed by atoms with Gasteiger partial charge in [0.05, 0.1) is 17.6 Å². The van der Waals surface area contributed by atoms with Gasteiger partial charge >= 0.3 is 17.7 Å². The van der Waals surface area contributed by atoms with Crippen molar-refractivity contribution in [2.75, 3.05) is 29.5 Å². The van der Waals surface area contributed by atoms with E-state index in [1.165, 1.54) is 56.2 Å². The minimum Gasteiger partial charge on any atom is -0.508 e. The number of imidazole rings is 1. The molecule has 4 aromatic rings. The molecular formula is C26H25N9O7S2. The Labute approximate surface area is 256 Å². The summed E-state index contributed by atoms with van der Waals surface area (Å²) in [5.74, 6) is -2.11. The van der Waals surface area contributed by atoms with Gasteiger partial charge < -0.3 is 25.4 Å². The molecule has 2 aromatic heterocycles. The molecule has 3 atom stereocenters. The molecule has 0 saturated carbocycles. The van der Waals surface area contributed by atoms with E-state index in [0.29, 0.717) is 16.2 Å². The number of carbonyl (C=O) groups is 4. The summed E-state index contributed by atoms with van der Waals surface area (Å²) >= 11 is 2.40. The SMILES string of the molecule is Cn1nnnc1SCC1(C(=O)O)CS[C@@H]2C(N(C(=O)CNC(=O)n3c(=O)[nH]c4ccccc43)c3cccc(O)c3)C(=O)N2C1. The summed E-state index contributed by atoms with van der Waals surface area (Å²) in [6, 6.07) is 10.5. The molecule has 0 spiro atoms. The van der Waals surface area contributed by atoms with E-state index in [0.717, 1.165) is 4.57 Å². The zero-order chi connectivity index (χ0) is 31.2. The number of thioether (sulfide) groups is 2. The van der Waals surface area contributed by atoms with Crippen molar-refractivity contribution in [2.45, 2.75) is 16.6 Å². The molecule has 0 bridgehead atoms.